The molecule has 0 bridgehead atoms. The Balaban J connectivity index is 0.000001000. The molecule has 1 aromatic carbocycles. The molecule has 1 aromatic rings. The van der Waals surface area contributed by atoms with Crippen molar-refractivity contribution in [2.24, 2.45) is 0 Å². The van der Waals surface area contributed by atoms with E-state index >= 15 is 0 Å². The van der Waals surface area contributed by atoms with Crippen LogP contribution in [0.25, 0.3) is 0 Å². The summed E-state index contributed by atoms with van der Waals surface area (Å²) in [7, 11) is 0. The van der Waals surface area contributed by atoms with Gasteiger partial charge in [0.05, 0.1) is 6.61 Å². The van der Waals surface area contributed by atoms with Crippen LogP contribution < -0.4 is 0 Å². The highest BCUT2D eigenvalue weighted by molar-refractivity contribution is 5.13. The van der Waals surface area contributed by atoms with Crippen LogP contribution in [-0.4, -0.2) is 6.61 Å². The van der Waals surface area contributed by atoms with E-state index in [0.29, 0.717) is 0 Å². The molecule has 1 nitrogen and oxygen atoms in total. The van der Waals surface area contributed by atoms with Crippen molar-refractivity contribution in [3.8, 4) is 0 Å². The zero-order chi connectivity index (χ0) is 7.23. The maximum absolute atomic E-state index is 5.22. The van der Waals surface area contributed by atoms with Gasteiger partial charge in [-0.1, -0.05) is 30.3 Å². The molecule has 1 rings (SSSR count). The Morgan fingerprint density at radius 3 is 2.60 bits per heavy atom. The summed E-state index contributed by atoms with van der Waals surface area (Å²) in [5.74, 6) is 0. The first-order valence-electron chi connectivity index (χ1n) is 3.55. The topological polar surface area (TPSA) is 9.23 Å². The highest BCUT2D eigenvalue weighted by atomic mass is 16.5. The number of rotatable bonds is 3. The standard InChI is InChI=1S/C9H12O/c1-2-10-8-9-6-4-3-5-7-9/h3-7H,2,8H2,1H3/p+1. The van der Waals surface area contributed by atoms with Crippen LogP contribution in [0.15, 0.2) is 30.3 Å². The Bertz CT molecular complexity index is 174. The van der Waals surface area contributed by atoms with Gasteiger partial charge in [-0.15, -0.1) is 0 Å². The molecule has 0 spiro atoms. The van der Waals surface area contributed by atoms with Crippen LogP contribution in [0.5, 0.6) is 0 Å². The third-order valence-corrected chi connectivity index (χ3v) is 1.32. The minimum absolute atomic E-state index is 0. The molecule has 10 heavy (non-hydrogen) atoms. The van der Waals surface area contributed by atoms with Gasteiger partial charge >= 0.3 is 1.43 Å². The summed E-state index contributed by atoms with van der Waals surface area (Å²) in [4.78, 5) is 0. The lowest BCUT2D eigenvalue weighted by molar-refractivity contribution is 0.134. The van der Waals surface area contributed by atoms with Crippen LogP contribution in [0.1, 0.15) is 13.9 Å². The Kier molecular flexibility index (Phi) is 2.97. The number of ether oxygens (including phenoxy) is 1. The van der Waals surface area contributed by atoms with E-state index < -0.39 is 0 Å². The van der Waals surface area contributed by atoms with Gasteiger partial charge in [0.1, 0.15) is 0 Å². The average molecular weight is 137 g/mol. The molecule has 0 aliphatic carbocycles. The van der Waals surface area contributed by atoms with E-state index in [0.717, 1.165) is 13.2 Å². The molecule has 0 aromatic heterocycles. The Hall–Kier alpha value is -0.820. The minimum Gasteiger partial charge on any atom is -0.377 e. The predicted molar refractivity (Wildman–Crippen MR) is 42.9 cm³/mol. The van der Waals surface area contributed by atoms with Gasteiger partial charge in [-0.05, 0) is 12.5 Å². The molecule has 0 heterocycles. The second kappa shape index (κ2) is 4.07. The summed E-state index contributed by atoms with van der Waals surface area (Å²) >= 11 is 0. The van der Waals surface area contributed by atoms with Crippen molar-refractivity contribution >= 4 is 0 Å². The second-order valence-electron chi connectivity index (χ2n) is 2.12. The maximum Gasteiger partial charge on any atom is 1.00 e. The Morgan fingerprint density at radius 2 is 2.00 bits per heavy atom. The fourth-order valence-corrected chi connectivity index (χ4v) is 0.794. The SMILES string of the molecule is CCOCc1ccccc1.[H+]. The highest BCUT2D eigenvalue weighted by Gasteiger charge is 1.86. The minimum atomic E-state index is 0. The molecular weight excluding hydrogens is 124 g/mol. The number of hydrogen-bond acceptors (Lipinski definition) is 1. The fraction of sp³-hybridized carbons (Fsp3) is 0.333. The van der Waals surface area contributed by atoms with Crippen LogP contribution >= 0.6 is 0 Å². The quantitative estimate of drug-likeness (QED) is 0.621. The molecule has 54 valence electrons. The molecular formula is C9H13O+. The largest absolute Gasteiger partial charge is 1.00 e. The smallest absolute Gasteiger partial charge is 0.377 e. The van der Waals surface area contributed by atoms with Crippen molar-refractivity contribution in [2.45, 2.75) is 13.5 Å². The van der Waals surface area contributed by atoms with E-state index in [9.17, 15) is 0 Å². The first kappa shape index (κ1) is 7.29. The molecule has 0 atom stereocenters. The number of benzene rings is 1. The summed E-state index contributed by atoms with van der Waals surface area (Å²) in [6, 6.07) is 10.2. The van der Waals surface area contributed by atoms with Crippen LogP contribution in [0.3, 0.4) is 0 Å². The maximum atomic E-state index is 5.22. The van der Waals surface area contributed by atoms with Crippen LogP contribution in [0, 0.1) is 0 Å². The van der Waals surface area contributed by atoms with E-state index in [1.54, 1.807) is 0 Å². The molecule has 0 saturated heterocycles. The predicted octanol–water partition coefficient (Wildman–Crippen LogP) is 2.34. The molecule has 0 unspecified atom stereocenters. The number of hydrogen-bond donors (Lipinski definition) is 0. The third-order valence-electron chi connectivity index (χ3n) is 1.32. The molecule has 0 N–H and O–H groups in total. The van der Waals surface area contributed by atoms with Gasteiger partial charge in [0.15, 0.2) is 0 Å². The molecule has 0 fully saturated rings. The van der Waals surface area contributed by atoms with Crippen molar-refractivity contribution in [3.63, 3.8) is 0 Å². The third kappa shape index (κ3) is 2.19. The van der Waals surface area contributed by atoms with Gasteiger partial charge in [-0.3, -0.25) is 0 Å². The van der Waals surface area contributed by atoms with E-state index in [1.165, 1.54) is 5.56 Å². The summed E-state index contributed by atoms with van der Waals surface area (Å²) in [5.41, 5.74) is 1.24. The van der Waals surface area contributed by atoms with Crippen molar-refractivity contribution in [2.75, 3.05) is 6.61 Å². The molecule has 0 aliphatic rings. The lowest BCUT2D eigenvalue weighted by atomic mass is 10.2. The van der Waals surface area contributed by atoms with Gasteiger partial charge in [0.25, 0.3) is 0 Å². The summed E-state index contributed by atoms with van der Waals surface area (Å²) in [6.07, 6.45) is 0. The highest BCUT2D eigenvalue weighted by Crippen LogP contribution is 1.99. The van der Waals surface area contributed by atoms with Gasteiger partial charge in [0.2, 0.25) is 0 Å². The zero-order valence-corrected chi connectivity index (χ0v) is 6.21. The van der Waals surface area contributed by atoms with Gasteiger partial charge in [-0.25, -0.2) is 0 Å². The fourth-order valence-electron chi connectivity index (χ4n) is 0.794. The summed E-state index contributed by atoms with van der Waals surface area (Å²) < 4.78 is 5.22. The average Bonchev–Trinajstić information content (AvgIpc) is 2.03. The molecule has 0 radical (unpaired) electrons. The van der Waals surface area contributed by atoms with E-state index in [4.69, 9.17) is 4.74 Å². The van der Waals surface area contributed by atoms with Gasteiger partial charge in [0, 0.05) is 6.61 Å². The molecule has 1 heteroatoms. The van der Waals surface area contributed by atoms with Crippen molar-refractivity contribution in [1.82, 2.24) is 0 Å². The summed E-state index contributed by atoms with van der Waals surface area (Å²) in [6.45, 7) is 3.52. The van der Waals surface area contributed by atoms with Crippen molar-refractivity contribution < 1.29 is 6.16 Å². The lowest BCUT2D eigenvalue weighted by Crippen LogP contribution is -1.90. The van der Waals surface area contributed by atoms with Gasteiger partial charge in [-0.2, -0.15) is 0 Å². The lowest BCUT2D eigenvalue weighted by Gasteiger charge is -1.98. The molecule has 0 amide bonds. The molecule has 0 saturated carbocycles. The normalized spacial score (nSPS) is 9.70. The Morgan fingerprint density at radius 1 is 1.30 bits per heavy atom. The van der Waals surface area contributed by atoms with E-state index in [1.807, 2.05) is 25.1 Å². The van der Waals surface area contributed by atoms with Crippen molar-refractivity contribution in [1.29, 1.82) is 0 Å². The van der Waals surface area contributed by atoms with E-state index in [-0.39, 0.29) is 1.43 Å². The van der Waals surface area contributed by atoms with Crippen LogP contribution in [-0.2, 0) is 11.3 Å². The van der Waals surface area contributed by atoms with Crippen molar-refractivity contribution in [3.05, 3.63) is 35.9 Å². The first-order chi connectivity index (χ1) is 4.93. The van der Waals surface area contributed by atoms with E-state index in [2.05, 4.69) is 12.1 Å². The zero-order valence-electron chi connectivity index (χ0n) is 7.21. The Labute approximate surface area is 63.1 Å². The van der Waals surface area contributed by atoms with Crippen LogP contribution in [0.2, 0.25) is 0 Å². The summed E-state index contributed by atoms with van der Waals surface area (Å²) in [5, 5.41) is 0. The van der Waals surface area contributed by atoms with Gasteiger partial charge < -0.3 is 4.74 Å². The van der Waals surface area contributed by atoms with Crippen LogP contribution in [0.4, 0.5) is 0 Å². The first-order valence-corrected chi connectivity index (χ1v) is 3.55. The monoisotopic (exact) mass is 137 g/mol. The molecule has 0 aliphatic heterocycles. The second-order valence-corrected chi connectivity index (χ2v) is 2.12.